The Labute approximate surface area is 169 Å². The normalized spacial score (nSPS) is 19.3. The van der Waals surface area contributed by atoms with Crippen LogP contribution in [0.4, 0.5) is 0 Å². The van der Waals surface area contributed by atoms with E-state index in [1.165, 1.54) is 0 Å². The van der Waals surface area contributed by atoms with Crippen molar-refractivity contribution in [3.05, 3.63) is 28.3 Å². The molecule has 8 nitrogen and oxygen atoms in total. The topological polar surface area (TPSA) is 158 Å². The van der Waals surface area contributed by atoms with Gasteiger partial charge in [0.1, 0.15) is 11.4 Å². The van der Waals surface area contributed by atoms with Gasteiger partial charge in [-0.1, -0.05) is 6.07 Å². The molecular formula is C21H29NO7. The van der Waals surface area contributed by atoms with Crippen LogP contribution in [0.1, 0.15) is 52.7 Å². The molecule has 0 spiro atoms. The van der Waals surface area contributed by atoms with Gasteiger partial charge in [-0.15, -0.1) is 0 Å². The van der Waals surface area contributed by atoms with Gasteiger partial charge in [-0.3, -0.25) is 14.4 Å². The summed E-state index contributed by atoms with van der Waals surface area (Å²) in [5.74, 6) is -3.19. The van der Waals surface area contributed by atoms with Gasteiger partial charge in [-0.25, -0.2) is 0 Å². The van der Waals surface area contributed by atoms with Crippen LogP contribution in [0.3, 0.4) is 0 Å². The Kier molecular flexibility index (Phi) is 7.15. The second-order valence-electron chi connectivity index (χ2n) is 8.00. The van der Waals surface area contributed by atoms with Crippen molar-refractivity contribution in [2.24, 2.45) is 17.6 Å². The number of phenols is 1. The van der Waals surface area contributed by atoms with Crippen molar-refractivity contribution in [1.82, 2.24) is 0 Å². The summed E-state index contributed by atoms with van der Waals surface area (Å²) in [6.07, 6.45) is 0.0292. The van der Waals surface area contributed by atoms with Crippen LogP contribution in [0.2, 0.25) is 0 Å². The molecule has 2 rings (SSSR count). The second kappa shape index (κ2) is 9.02. The smallest absolute Gasteiger partial charge is 0.224 e. The van der Waals surface area contributed by atoms with Crippen LogP contribution in [0, 0.1) is 25.7 Å². The molecule has 160 valence electrons. The predicted octanol–water partition coefficient (Wildman–Crippen LogP) is 0.311. The molecule has 0 bridgehead atoms. The predicted molar refractivity (Wildman–Crippen MR) is 104 cm³/mol. The van der Waals surface area contributed by atoms with Gasteiger partial charge in [-0.05, 0) is 61.6 Å². The fraction of sp³-hybridized carbons (Fsp3) is 0.571. The van der Waals surface area contributed by atoms with Crippen LogP contribution >= 0.6 is 0 Å². The average Bonchev–Trinajstić information content (AvgIpc) is 2.64. The summed E-state index contributed by atoms with van der Waals surface area (Å²) in [5.41, 5.74) is 5.36. The van der Waals surface area contributed by atoms with Crippen molar-refractivity contribution < 1.29 is 34.8 Å². The number of carbonyl (C=O) groups excluding carboxylic acids is 3. The maximum absolute atomic E-state index is 12.7. The van der Waals surface area contributed by atoms with E-state index in [0.717, 1.165) is 11.1 Å². The molecule has 0 radical (unpaired) electrons. The van der Waals surface area contributed by atoms with Crippen molar-refractivity contribution in [1.29, 1.82) is 0 Å². The number of carbonyl (C=O) groups is 3. The standard InChI is InChI=1S/C21H29NO7/c1-11-5-12(2)20(28)19-15(11)7-13(8-16(19)25)6-14(3-4-23)21(29,10-24)17(26)9-18(22)27/h5,13-14,23-24,28-29H,3-4,6-10H2,1-2H3,(H2,22,27)/t13-,14-,21-/m1/s1. The Morgan fingerprint density at radius 1 is 1.24 bits per heavy atom. The summed E-state index contributed by atoms with van der Waals surface area (Å²) in [5, 5.41) is 40.2. The number of aliphatic hydroxyl groups is 3. The van der Waals surface area contributed by atoms with E-state index in [2.05, 4.69) is 0 Å². The molecule has 0 fully saturated rings. The van der Waals surface area contributed by atoms with Crippen molar-refractivity contribution in [3.8, 4) is 5.75 Å². The number of aryl methyl sites for hydroxylation is 2. The maximum Gasteiger partial charge on any atom is 0.224 e. The Morgan fingerprint density at radius 3 is 2.45 bits per heavy atom. The number of ketones is 2. The summed E-state index contributed by atoms with van der Waals surface area (Å²) >= 11 is 0. The molecule has 0 unspecified atom stereocenters. The second-order valence-corrected chi connectivity index (χ2v) is 8.00. The summed E-state index contributed by atoms with van der Waals surface area (Å²) in [7, 11) is 0. The molecule has 0 aromatic heterocycles. The molecule has 6 N–H and O–H groups in total. The minimum atomic E-state index is -2.23. The van der Waals surface area contributed by atoms with Gasteiger partial charge < -0.3 is 26.2 Å². The van der Waals surface area contributed by atoms with Gasteiger partial charge in [0.05, 0.1) is 18.6 Å². The number of phenolic OH excluding ortho intramolecular Hbond substituents is 1. The summed E-state index contributed by atoms with van der Waals surface area (Å²) in [4.78, 5) is 36.2. The van der Waals surface area contributed by atoms with Crippen molar-refractivity contribution >= 4 is 17.5 Å². The molecule has 1 amide bonds. The lowest BCUT2D eigenvalue weighted by atomic mass is 9.71. The van der Waals surface area contributed by atoms with E-state index >= 15 is 0 Å². The minimum absolute atomic E-state index is 0.0112. The van der Waals surface area contributed by atoms with Crippen LogP contribution in [-0.4, -0.2) is 56.7 Å². The number of hydrogen-bond donors (Lipinski definition) is 5. The fourth-order valence-corrected chi connectivity index (χ4v) is 4.34. The lowest BCUT2D eigenvalue weighted by molar-refractivity contribution is -0.153. The quantitative estimate of drug-likeness (QED) is 0.368. The molecule has 8 heteroatoms. The minimum Gasteiger partial charge on any atom is -0.507 e. The van der Waals surface area contributed by atoms with E-state index in [4.69, 9.17) is 5.73 Å². The zero-order valence-electron chi connectivity index (χ0n) is 16.8. The molecular weight excluding hydrogens is 378 g/mol. The van der Waals surface area contributed by atoms with E-state index in [0.29, 0.717) is 17.5 Å². The molecule has 1 aliphatic rings. The van der Waals surface area contributed by atoms with Crippen LogP contribution < -0.4 is 5.73 Å². The zero-order chi connectivity index (χ0) is 21.9. The lowest BCUT2D eigenvalue weighted by Crippen LogP contribution is -2.51. The number of amides is 1. The average molecular weight is 407 g/mol. The largest absolute Gasteiger partial charge is 0.507 e. The van der Waals surface area contributed by atoms with E-state index < -0.39 is 36.2 Å². The van der Waals surface area contributed by atoms with Gasteiger partial charge in [-0.2, -0.15) is 0 Å². The van der Waals surface area contributed by atoms with Crippen molar-refractivity contribution in [3.63, 3.8) is 0 Å². The van der Waals surface area contributed by atoms with Crippen molar-refractivity contribution in [2.75, 3.05) is 13.2 Å². The van der Waals surface area contributed by atoms with Crippen LogP contribution in [0.25, 0.3) is 0 Å². The third kappa shape index (κ3) is 4.66. The molecule has 3 atom stereocenters. The first-order valence-electron chi connectivity index (χ1n) is 9.66. The first kappa shape index (κ1) is 23.0. The van der Waals surface area contributed by atoms with E-state index in [9.17, 15) is 34.8 Å². The highest BCUT2D eigenvalue weighted by atomic mass is 16.3. The first-order chi connectivity index (χ1) is 13.5. The highest BCUT2D eigenvalue weighted by Crippen LogP contribution is 2.40. The number of rotatable bonds is 9. The monoisotopic (exact) mass is 407 g/mol. The highest BCUT2D eigenvalue weighted by molar-refractivity contribution is 6.02. The van der Waals surface area contributed by atoms with Crippen LogP contribution in [-0.2, 0) is 16.0 Å². The Balaban J connectivity index is 2.32. The van der Waals surface area contributed by atoms with Gasteiger partial charge >= 0.3 is 0 Å². The summed E-state index contributed by atoms with van der Waals surface area (Å²) in [6, 6.07) is 1.80. The van der Waals surface area contributed by atoms with Gasteiger partial charge in [0.25, 0.3) is 0 Å². The van der Waals surface area contributed by atoms with Gasteiger partial charge in [0, 0.05) is 13.0 Å². The number of Topliss-reactive ketones (excluding diaryl/α,β-unsaturated/α-hetero) is 2. The number of aliphatic hydroxyl groups excluding tert-OH is 2. The zero-order valence-corrected chi connectivity index (χ0v) is 16.8. The molecule has 1 aromatic carbocycles. The number of nitrogens with two attached hydrogens (primary N) is 1. The Hall–Kier alpha value is -2.29. The van der Waals surface area contributed by atoms with E-state index in [-0.39, 0.29) is 43.3 Å². The number of hydrogen-bond acceptors (Lipinski definition) is 7. The fourth-order valence-electron chi connectivity index (χ4n) is 4.34. The highest BCUT2D eigenvalue weighted by Gasteiger charge is 2.44. The maximum atomic E-state index is 12.7. The van der Waals surface area contributed by atoms with E-state index in [1.54, 1.807) is 13.0 Å². The SMILES string of the molecule is Cc1cc(C)c2c(c1O)C(=O)C[C@H](C[C@@H](CCO)[C@](O)(CO)C(=O)CC(N)=O)C2. The third-order valence-corrected chi connectivity index (χ3v) is 5.90. The summed E-state index contributed by atoms with van der Waals surface area (Å²) < 4.78 is 0. The van der Waals surface area contributed by atoms with Crippen LogP contribution in [0.5, 0.6) is 5.75 Å². The Morgan fingerprint density at radius 2 is 1.90 bits per heavy atom. The molecule has 0 heterocycles. The van der Waals surface area contributed by atoms with Crippen molar-refractivity contribution in [2.45, 2.75) is 51.6 Å². The number of aromatic hydroxyl groups is 1. The number of benzene rings is 1. The molecule has 1 aromatic rings. The summed E-state index contributed by atoms with van der Waals surface area (Å²) in [6.45, 7) is 2.32. The molecule has 0 saturated carbocycles. The molecule has 29 heavy (non-hydrogen) atoms. The van der Waals surface area contributed by atoms with Gasteiger partial charge in [0.15, 0.2) is 11.6 Å². The van der Waals surface area contributed by atoms with Gasteiger partial charge in [0.2, 0.25) is 5.91 Å². The molecule has 0 aliphatic heterocycles. The van der Waals surface area contributed by atoms with E-state index in [1.807, 2.05) is 6.92 Å². The number of fused-ring (bicyclic) bond motifs is 1. The molecule has 0 saturated heterocycles. The number of primary amides is 1. The molecule has 1 aliphatic carbocycles. The first-order valence-corrected chi connectivity index (χ1v) is 9.66. The van der Waals surface area contributed by atoms with Crippen LogP contribution in [0.15, 0.2) is 6.07 Å². The third-order valence-electron chi connectivity index (χ3n) is 5.90. The lowest BCUT2D eigenvalue weighted by Gasteiger charge is -2.36. The Bertz CT molecular complexity index is 820.